The average molecular weight is 741 g/mol. The number of benzene rings is 1. The second-order valence-corrected chi connectivity index (χ2v) is 11.8. The number of ether oxygens (including phenoxy) is 8. The van der Waals surface area contributed by atoms with Crippen molar-refractivity contribution in [2.24, 2.45) is 0 Å². The van der Waals surface area contributed by atoms with Gasteiger partial charge in [0.25, 0.3) is 0 Å². The fraction of sp³-hybridized carbons (Fsp3) is 0.436. The third kappa shape index (κ3) is 18.4. The Morgan fingerprint density at radius 1 is 0.736 bits per heavy atom. The van der Waals surface area contributed by atoms with Gasteiger partial charge in [0.15, 0.2) is 0 Å². The van der Waals surface area contributed by atoms with Gasteiger partial charge in [0, 0.05) is 12.2 Å². The average Bonchev–Trinajstić information content (AvgIpc) is 3.13. The lowest BCUT2D eigenvalue weighted by Crippen LogP contribution is -2.30. The van der Waals surface area contributed by atoms with Crippen LogP contribution in [0.4, 0.5) is 9.59 Å². The summed E-state index contributed by atoms with van der Waals surface area (Å²) in [6.07, 6.45) is 7.99. The first-order chi connectivity index (χ1) is 25.4. The lowest BCUT2D eigenvalue weighted by Gasteiger charge is -2.28. The summed E-state index contributed by atoms with van der Waals surface area (Å²) in [6, 6.07) is 4.53. The Bertz CT molecular complexity index is 1510. The fourth-order valence-electron chi connectivity index (χ4n) is 4.67. The van der Waals surface area contributed by atoms with Gasteiger partial charge in [-0.15, -0.1) is 0 Å². The van der Waals surface area contributed by atoms with Crippen LogP contribution in [0.15, 0.2) is 79.5 Å². The number of hydrogen-bond donors (Lipinski definition) is 0. The molecule has 1 fully saturated rings. The SMILES string of the molecule is C=CC(=O)OCCCCOC(=O)OC/C=C\C(=C/C(=C)C)C(=O)O[C@H]1CC[C@H](OC(=O)c2ccc(OC(=O)OCCCCOC(=O)C=C)c(C)c2)CC1. The summed E-state index contributed by atoms with van der Waals surface area (Å²) >= 11 is 0. The maximum atomic E-state index is 13.0. The minimum absolute atomic E-state index is 0.0799. The Morgan fingerprint density at radius 2 is 1.26 bits per heavy atom. The van der Waals surface area contributed by atoms with Gasteiger partial charge in [-0.3, -0.25) is 0 Å². The third-order valence-corrected chi connectivity index (χ3v) is 7.34. The molecular weight excluding hydrogens is 692 g/mol. The molecular formula is C39H48O14. The summed E-state index contributed by atoms with van der Waals surface area (Å²) in [5.74, 6) is -1.91. The van der Waals surface area contributed by atoms with Crippen molar-refractivity contribution in [3.63, 3.8) is 0 Å². The molecule has 0 N–H and O–H groups in total. The molecule has 0 saturated heterocycles. The summed E-state index contributed by atoms with van der Waals surface area (Å²) in [5, 5.41) is 0. The number of hydrogen-bond acceptors (Lipinski definition) is 14. The van der Waals surface area contributed by atoms with E-state index in [1.165, 1.54) is 24.3 Å². The molecule has 0 unspecified atom stereocenters. The van der Waals surface area contributed by atoms with Crippen molar-refractivity contribution in [1.82, 2.24) is 0 Å². The third-order valence-electron chi connectivity index (χ3n) is 7.34. The summed E-state index contributed by atoms with van der Waals surface area (Å²) in [7, 11) is 0. The van der Waals surface area contributed by atoms with Crippen molar-refractivity contribution < 1.29 is 66.7 Å². The molecule has 1 aromatic carbocycles. The highest BCUT2D eigenvalue weighted by Crippen LogP contribution is 2.26. The van der Waals surface area contributed by atoms with E-state index in [-0.39, 0.29) is 62.1 Å². The van der Waals surface area contributed by atoms with Gasteiger partial charge in [0.1, 0.15) is 24.6 Å². The largest absolute Gasteiger partial charge is 0.513 e. The fourth-order valence-corrected chi connectivity index (χ4v) is 4.67. The second-order valence-electron chi connectivity index (χ2n) is 11.8. The van der Waals surface area contributed by atoms with E-state index in [9.17, 15) is 28.8 Å². The smallest absolute Gasteiger partial charge is 0.463 e. The normalized spacial score (nSPS) is 15.3. The first kappa shape index (κ1) is 43.5. The van der Waals surface area contributed by atoms with E-state index >= 15 is 0 Å². The molecule has 14 nitrogen and oxygen atoms in total. The Hall–Kier alpha value is -5.66. The molecule has 1 saturated carbocycles. The number of aryl methyl sites for hydroxylation is 1. The second kappa shape index (κ2) is 24.5. The van der Waals surface area contributed by atoms with Crippen LogP contribution < -0.4 is 4.74 Å². The molecule has 0 aliphatic heterocycles. The van der Waals surface area contributed by atoms with Crippen molar-refractivity contribution in [3.8, 4) is 5.75 Å². The molecule has 288 valence electrons. The molecule has 0 atom stereocenters. The van der Waals surface area contributed by atoms with Crippen LogP contribution in [0.1, 0.15) is 74.2 Å². The molecule has 0 amide bonds. The number of carbonyl (C=O) groups is 6. The number of esters is 4. The standard InChI is InChI=1S/C39H48O14/c1-6-34(40)46-20-8-10-22-48-38(44)49-24-12-13-29(25-27(3)4)36(42)51-31-15-17-32(18-16-31)52-37(43)30-14-19-33(28(5)26-30)53-39(45)50-23-11-9-21-47-35(41)7-2/h6-7,12-14,19,25-26,31-32H,1-3,8-11,15-18,20-24H2,4-5H3/b13-12-,29-25+/t31-,32-. The van der Waals surface area contributed by atoms with Crippen LogP contribution >= 0.6 is 0 Å². The number of rotatable bonds is 21. The summed E-state index contributed by atoms with van der Waals surface area (Å²) in [6.45, 7) is 14.2. The van der Waals surface area contributed by atoms with Gasteiger partial charge in [-0.1, -0.05) is 25.3 Å². The molecule has 0 bridgehead atoms. The van der Waals surface area contributed by atoms with Gasteiger partial charge in [-0.25, -0.2) is 28.8 Å². The molecule has 2 rings (SSSR count). The van der Waals surface area contributed by atoms with Gasteiger partial charge < -0.3 is 37.9 Å². The first-order valence-electron chi connectivity index (χ1n) is 17.2. The molecule has 0 radical (unpaired) electrons. The van der Waals surface area contributed by atoms with E-state index < -0.39 is 36.2 Å². The van der Waals surface area contributed by atoms with Gasteiger partial charge in [-0.05, 0) is 107 Å². The van der Waals surface area contributed by atoms with E-state index in [2.05, 4.69) is 19.7 Å². The Morgan fingerprint density at radius 3 is 1.79 bits per heavy atom. The van der Waals surface area contributed by atoms with E-state index in [0.29, 0.717) is 62.5 Å². The van der Waals surface area contributed by atoms with Crippen molar-refractivity contribution in [3.05, 3.63) is 90.6 Å². The van der Waals surface area contributed by atoms with E-state index in [1.807, 2.05) is 0 Å². The molecule has 0 spiro atoms. The van der Waals surface area contributed by atoms with Crippen molar-refractivity contribution in [2.75, 3.05) is 33.0 Å². The lowest BCUT2D eigenvalue weighted by atomic mass is 9.94. The Balaban J connectivity index is 1.73. The maximum absolute atomic E-state index is 13.0. The summed E-state index contributed by atoms with van der Waals surface area (Å²) in [4.78, 5) is 71.7. The molecule has 0 aromatic heterocycles. The highest BCUT2D eigenvalue weighted by molar-refractivity contribution is 5.92. The van der Waals surface area contributed by atoms with Gasteiger partial charge in [-0.2, -0.15) is 0 Å². The molecule has 1 aliphatic rings. The number of allylic oxidation sites excluding steroid dienone is 2. The number of carbonyl (C=O) groups excluding carboxylic acids is 6. The van der Waals surface area contributed by atoms with Gasteiger partial charge in [0.05, 0.1) is 37.6 Å². The lowest BCUT2D eigenvalue weighted by molar-refractivity contribution is -0.146. The molecule has 1 aromatic rings. The maximum Gasteiger partial charge on any atom is 0.513 e. The molecule has 0 heterocycles. The van der Waals surface area contributed by atoms with Crippen LogP contribution in [-0.2, 0) is 47.5 Å². The van der Waals surface area contributed by atoms with Gasteiger partial charge >= 0.3 is 36.2 Å². The first-order valence-corrected chi connectivity index (χ1v) is 17.2. The monoisotopic (exact) mass is 740 g/mol. The summed E-state index contributed by atoms with van der Waals surface area (Å²) < 4.78 is 41.3. The Kier molecular flexibility index (Phi) is 20.1. The predicted octanol–water partition coefficient (Wildman–Crippen LogP) is 6.75. The zero-order valence-corrected chi connectivity index (χ0v) is 30.3. The van der Waals surface area contributed by atoms with Crippen LogP contribution in [0, 0.1) is 6.92 Å². The molecule has 14 heteroatoms. The summed E-state index contributed by atoms with van der Waals surface area (Å²) in [5.41, 5.74) is 1.65. The zero-order valence-electron chi connectivity index (χ0n) is 30.3. The highest BCUT2D eigenvalue weighted by atomic mass is 16.7. The van der Waals surface area contributed by atoms with Crippen molar-refractivity contribution >= 4 is 36.2 Å². The van der Waals surface area contributed by atoms with Crippen molar-refractivity contribution in [2.45, 2.75) is 77.4 Å². The van der Waals surface area contributed by atoms with Gasteiger partial charge in [0.2, 0.25) is 0 Å². The van der Waals surface area contributed by atoms with Crippen LogP contribution in [0.3, 0.4) is 0 Å². The topological polar surface area (TPSA) is 176 Å². The van der Waals surface area contributed by atoms with Crippen molar-refractivity contribution in [1.29, 1.82) is 0 Å². The molecule has 53 heavy (non-hydrogen) atoms. The predicted molar refractivity (Wildman–Crippen MR) is 191 cm³/mol. The Labute approximate surface area is 309 Å². The van der Waals surface area contributed by atoms with E-state index in [0.717, 1.165) is 12.2 Å². The molecule has 1 aliphatic carbocycles. The minimum atomic E-state index is -0.899. The van der Waals surface area contributed by atoms with Crippen LogP contribution in [0.2, 0.25) is 0 Å². The van der Waals surface area contributed by atoms with E-state index in [4.69, 9.17) is 37.9 Å². The number of unbranched alkanes of at least 4 members (excludes halogenated alkanes) is 2. The van der Waals surface area contributed by atoms with E-state index in [1.54, 1.807) is 26.0 Å². The van der Waals surface area contributed by atoms with Crippen LogP contribution in [0.25, 0.3) is 0 Å². The van der Waals surface area contributed by atoms with Crippen LogP contribution in [0.5, 0.6) is 5.75 Å². The minimum Gasteiger partial charge on any atom is -0.463 e. The quantitative estimate of drug-likeness (QED) is 0.0323. The van der Waals surface area contributed by atoms with Crippen LogP contribution in [-0.4, -0.2) is 81.4 Å². The highest BCUT2D eigenvalue weighted by Gasteiger charge is 2.27. The zero-order chi connectivity index (χ0) is 39.0.